The maximum atomic E-state index is 10.8. The van der Waals surface area contributed by atoms with Crippen LogP contribution in [0.1, 0.15) is 17.0 Å². The van der Waals surface area contributed by atoms with Crippen LogP contribution in [-0.4, -0.2) is 14.5 Å². The molecule has 2 aromatic carbocycles. The fraction of sp³-hybridized carbons (Fsp3) is 0.176. The number of nitro benzene ring substituents is 1. The zero-order valence-electron chi connectivity index (χ0n) is 13.3. The molecule has 7 nitrogen and oxygen atoms in total. The minimum absolute atomic E-state index is 0.101. The number of nitrogens with zero attached hydrogens (tertiary/aromatic N) is 4. The van der Waals surface area contributed by atoms with Gasteiger partial charge in [0.2, 0.25) is 0 Å². The lowest BCUT2D eigenvalue weighted by Crippen LogP contribution is -2.07. The highest BCUT2D eigenvalue weighted by Gasteiger charge is 2.13. The van der Waals surface area contributed by atoms with Gasteiger partial charge in [-0.1, -0.05) is 12.1 Å². The molecule has 0 spiro atoms. The number of nitro groups is 1. The number of para-hydroxylation sites is 1. The van der Waals surface area contributed by atoms with Crippen LogP contribution < -0.4 is 5.32 Å². The first-order chi connectivity index (χ1) is 11.5. The van der Waals surface area contributed by atoms with Crippen molar-refractivity contribution in [1.82, 2.24) is 9.55 Å². The third kappa shape index (κ3) is 2.65. The van der Waals surface area contributed by atoms with Gasteiger partial charge in [-0.3, -0.25) is 10.1 Å². The van der Waals surface area contributed by atoms with Crippen molar-refractivity contribution in [2.45, 2.75) is 13.5 Å². The zero-order chi connectivity index (χ0) is 17.3. The van der Waals surface area contributed by atoms with Crippen LogP contribution >= 0.6 is 0 Å². The number of anilines is 1. The molecule has 0 bridgehead atoms. The fourth-order valence-corrected chi connectivity index (χ4v) is 2.74. The van der Waals surface area contributed by atoms with Gasteiger partial charge in [0.15, 0.2) is 0 Å². The van der Waals surface area contributed by atoms with Gasteiger partial charge in [0.05, 0.1) is 33.8 Å². The third-order valence-electron chi connectivity index (χ3n) is 3.96. The van der Waals surface area contributed by atoms with Crippen LogP contribution in [0.5, 0.6) is 0 Å². The molecule has 0 amide bonds. The second kappa shape index (κ2) is 6.01. The average molecular weight is 321 g/mol. The highest BCUT2D eigenvalue weighted by molar-refractivity contribution is 5.79. The topological polar surface area (TPSA) is 96.8 Å². The van der Waals surface area contributed by atoms with Crippen molar-refractivity contribution in [1.29, 1.82) is 5.26 Å². The van der Waals surface area contributed by atoms with Crippen LogP contribution in [0.2, 0.25) is 0 Å². The first-order valence-corrected chi connectivity index (χ1v) is 7.34. The standard InChI is InChI=1S/C17H15N5O2/c1-11-4-3-5-15-17(11)21(2)16(20-15)10-19-14-7-6-13(22(23)24)8-12(14)9-18/h3-8,19H,10H2,1-2H3. The van der Waals surface area contributed by atoms with Crippen LogP contribution in [-0.2, 0) is 13.6 Å². The van der Waals surface area contributed by atoms with Crippen molar-refractivity contribution < 1.29 is 4.92 Å². The van der Waals surface area contributed by atoms with E-state index in [9.17, 15) is 15.4 Å². The highest BCUT2D eigenvalue weighted by Crippen LogP contribution is 2.23. The van der Waals surface area contributed by atoms with Crippen molar-refractivity contribution in [2.75, 3.05) is 5.32 Å². The predicted molar refractivity (Wildman–Crippen MR) is 90.6 cm³/mol. The van der Waals surface area contributed by atoms with Gasteiger partial charge < -0.3 is 9.88 Å². The van der Waals surface area contributed by atoms with E-state index in [1.165, 1.54) is 12.1 Å². The summed E-state index contributed by atoms with van der Waals surface area (Å²) < 4.78 is 2.01. The lowest BCUT2D eigenvalue weighted by molar-refractivity contribution is -0.384. The van der Waals surface area contributed by atoms with E-state index in [0.29, 0.717) is 12.2 Å². The number of nitriles is 1. The SMILES string of the molecule is Cc1cccc2nc(CNc3ccc([N+](=O)[O-])cc3C#N)n(C)c12. The molecule has 0 unspecified atom stereocenters. The third-order valence-corrected chi connectivity index (χ3v) is 3.96. The summed E-state index contributed by atoms with van der Waals surface area (Å²) in [6.45, 7) is 2.45. The van der Waals surface area contributed by atoms with Crippen molar-refractivity contribution in [3.05, 3.63) is 63.5 Å². The molecule has 1 N–H and O–H groups in total. The quantitative estimate of drug-likeness (QED) is 0.587. The number of hydrogen-bond acceptors (Lipinski definition) is 5. The Labute approximate surface area is 138 Å². The number of rotatable bonds is 4. The van der Waals surface area contributed by atoms with Crippen LogP contribution in [0.15, 0.2) is 36.4 Å². The van der Waals surface area contributed by atoms with E-state index in [4.69, 9.17) is 0 Å². The van der Waals surface area contributed by atoms with Crippen LogP contribution in [0, 0.1) is 28.4 Å². The molecule has 24 heavy (non-hydrogen) atoms. The number of hydrogen-bond donors (Lipinski definition) is 1. The van der Waals surface area contributed by atoms with E-state index in [0.717, 1.165) is 22.4 Å². The number of non-ortho nitro benzene ring substituents is 1. The number of aryl methyl sites for hydroxylation is 2. The molecule has 0 aliphatic heterocycles. The normalized spacial score (nSPS) is 10.5. The van der Waals surface area contributed by atoms with Gasteiger partial charge in [0.1, 0.15) is 11.9 Å². The monoisotopic (exact) mass is 321 g/mol. The zero-order valence-corrected chi connectivity index (χ0v) is 13.3. The minimum Gasteiger partial charge on any atom is -0.377 e. The number of aromatic nitrogens is 2. The summed E-state index contributed by atoms with van der Waals surface area (Å²) in [5.74, 6) is 0.821. The second-order valence-electron chi connectivity index (χ2n) is 5.48. The largest absolute Gasteiger partial charge is 0.377 e. The summed E-state index contributed by atoms with van der Waals surface area (Å²) in [7, 11) is 1.94. The van der Waals surface area contributed by atoms with Gasteiger partial charge in [0.25, 0.3) is 5.69 Å². The van der Waals surface area contributed by atoms with Gasteiger partial charge in [0, 0.05) is 19.2 Å². The summed E-state index contributed by atoms with van der Waals surface area (Å²) in [6.07, 6.45) is 0. The average Bonchev–Trinajstić information content (AvgIpc) is 2.90. The second-order valence-corrected chi connectivity index (χ2v) is 5.48. The Bertz CT molecular complexity index is 985. The molecule has 1 aromatic heterocycles. The molecular formula is C17H15N5O2. The minimum atomic E-state index is -0.515. The Morgan fingerprint density at radius 1 is 1.38 bits per heavy atom. The molecule has 0 atom stereocenters. The van der Waals surface area contributed by atoms with E-state index < -0.39 is 4.92 Å². The Kier molecular flexibility index (Phi) is 3.88. The predicted octanol–water partition coefficient (Wildman–Crippen LogP) is 3.27. The van der Waals surface area contributed by atoms with E-state index >= 15 is 0 Å². The van der Waals surface area contributed by atoms with Crippen molar-refractivity contribution in [2.24, 2.45) is 7.05 Å². The molecule has 3 aromatic rings. The number of imidazole rings is 1. The molecule has 3 rings (SSSR count). The molecule has 0 radical (unpaired) electrons. The van der Waals surface area contributed by atoms with Crippen molar-refractivity contribution in [3.8, 4) is 6.07 Å². The van der Waals surface area contributed by atoms with Crippen LogP contribution in [0.4, 0.5) is 11.4 Å². The smallest absolute Gasteiger partial charge is 0.270 e. The van der Waals surface area contributed by atoms with Gasteiger partial charge in [-0.15, -0.1) is 0 Å². The molecule has 0 saturated heterocycles. The molecule has 7 heteroatoms. The summed E-state index contributed by atoms with van der Waals surface area (Å²) >= 11 is 0. The van der Waals surface area contributed by atoms with Crippen molar-refractivity contribution in [3.63, 3.8) is 0 Å². The first-order valence-electron chi connectivity index (χ1n) is 7.34. The maximum Gasteiger partial charge on any atom is 0.270 e. The van der Waals surface area contributed by atoms with E-state index in [1.54, 1.807) is 6.07 Å². The van der Waals surface area contributed by atoms with Crippen LogP contribution in [0.25, 0.3) is 11.0 Å². The Morgan fingerprint density at radius 2 is 2.17 bits per heavy atom. The molecule has 0 aliphatic carbocycles. The summed E-state index contributed by atoms with van der Waals surface area (Å²) in [6, 6.07) is 12.1. The molecule has 0 fully saturated rings. The van der Waals surface area contributed by atoms with Crippen LogP contribution in [0.3, 0.4) is 0 Å². The number of nitrogens with one attached hydrogen (secondary N) is 1. The van der Waals surface area contributed by atoms with E-state index in [1.807, 2.05) is 42.8 Å². The molecule has 1 heterocycles. The lowest BCUT2D eigenvalue weighted by Gasteiger charge is -2.08. The molecule has 120 valence electrons. The Hall–Kier alpha value is -3.40. The summed E-state index contributed by atoms with van der Waals surface area (Å²) in [5.41, 5.74) is 3.81. The lowest BCUT2D eigenvalue weighted by atomic mass is 10.1. The molecule has 0 aliphatic rings. The van der Waals surface area contributed by atoms with Gasteiger partial charge in [-0.05, 0) is 24.6 Å². The first kappa shape index (κ1) is 15.5. The Balaban J connectivity index is 1.89. The number of benzene rings is 2. The van der Waals surface area contributed by atoms with Gasteiger partial charge in [-0.2, -0.15) is 5.26 Å². The van der Waals surface area contributed by atoms with Gasteiger partial charge in [-0.25, -0.2) is 4.98 Å². The highest BCUT2D eigenvalue weighted by atomic mass is 16.6. The molecular weight excluding hydrogens is 306 g/mol. The van der Waals surface area contributed by atoms with Crippen molar-refractivity contribution >= 4 is 22.4 Å². The summed E-state index contributed by atoms with van der Waals surface area (Å²) in [4.78, 5) is 14.9. The van der Waals surface area contributed by atoms with Gasteiger partial charge >= 0.3 is 0 Å². The van der Waals surface area contributed by atoms with E-state index in [2.05, 4.69) is 10.3 Å². The molecule has 0 saturated carbocycles. The summed E-state index contributed by atoms with van der Waals surface area (Å²) in [5, 5.41) is 23.1. The number of fused-ring (bicyclic) bond motifs is 1. The fourth-order valence-electron chi connectivity index (χ4n) is 2.74. The maximum absolute atomic E-state index is 10.8. The Morgan fingerprint density at radius 3 is 2.83 bits per heavy atom. The van der Waals surface area contributed by atoms with E-state index in [-0.39, 0.29) is 11.3 Å².